The van der Waals surface area contributed by atoms with Gasteiger partial charge in [-0.3, -0.25) is 0 Å². The van der Waals surface area contributed by atoms with E-state index in [1.54, 1.807) is 0 Å². The molecule has 0 radical (unpaired) electrons. The zero-order valence-corrected chi connectivity index (χ0v) is 12.8. The van der Waals surface area contributed by atoms with E-state index >= 15 is 0 Å². The van der Waals surface area contributed by atoms with Gasteiger partial charge in [0.25, 0.3) is 0 Å². The zero-order valence-electron chi connectivity index (χ0n) is 9.51. The zero-order chi connectivity index (χ0) is 12.2. The number of rotatable bonds is 9. The molecule has 6 heteroatoms. The van der Waals surface area contributed by atoms with Gasteiger partial charge in [-0.2, -0.15) is 0 Å². The fourth-order valence-electron chi connectivity index (χ4n) is 0.895. The minimum absolute atomic E-state index is 0.295. The number of hydrogen-bond acceptors (Lipinski definition) is 6. The largest absolute Gasteiger partial charge is 0.228 e. The van der Waals surface area contributed by atoms with E-state index in [1.165, 1.54) is 0 Å². The Kier molecular flexibility index (Phi) is 12.0. The Labute approximate surface area is 116 Å². The summed E-state index contributed by atoms with van der Waals surface area (Å²) in [7, 11) is 3.62. The van der Waals surface area contributed by atoms with Crippen LogP contribution in [0.15, 0.2) is 9.98 Å². The highest BCUT2D eigenvalue weighted by Crippen LogP contribution is 2.25. The van der Waals surface area contributed by atoms with Crippen molar-refractivity contribution in [2.75, 3.05) is 11.5 Å². The number of aliphatic imine (C=N–C) groups is 2. The molecule has 0 aliphatic heterocycles. The molecule has 0 N–H and O–H groups in total. The topological polar surface area (TPSA) is 24.7 Å². The van der Waals surface area contributed by atoms with Crippen molar-refractivity contribution < 1.29 is 0 Å². The standard InChI is InChI=1S/C10H16N2S4/c1-3-9(11-7-13)5-15-16-6-10(4-2)12-8-14/h9-10H,3-6H2,1-2H3. The van der Waals surface area contributed by atoms with Gasteiger partial charge in [-0.1, -0.05) is 35.4 Å². The number of thiocarbonyl (C=S) groups is 2. The molecule has 90 valence electrons. The molecule has 0 saturated carbocycles. The quantitative estimate of drug-likeness (QED) is 0.276. The lowest BCUT2D eigenvalue weighted by molar-refractivity contribution is 0.731. The van der Waals surface area contributed by atoms with Crippen LogP contribution in [0.5, 0.6) is 0 Å². The SMILES string of the molecule is CCC(CSSCC(CC)N=C=S)N=C=S. The van der Waals surface area contributed by atoms with Crippen LogP contribution in [0.2, 0.25) is 0 Å². The van der Waals surface area contributed by atoms with E-state index in [1.807, 2.05) is 21.6 Å². The predicted molar refractivity (Wildman–Crippen MR) is 83.1 cm³/mol. The monoisotopic (exact) mass is 292 g/mol. The van der Waals surface area contributed by atoms with E-state index < -0.39 is 0 Å². The second kappa shape index (κ2) is 11.8. The molecule has 0 amide bonds. The predicted octanol–water partition coefficient (Wildman–Crippen LogP) is 4.13. The van der Waals surface area contributed by atoms with E-state index in [4.69, 9.17) is 0 Å². The van der Waals surface area contributed by atoms with Crippen molar-refractivity contribution in [3.8, 4) is 0 Å². The summed E-state index contributed by atoms with van der Waals surface area (Å²) in [6.45, 7) is 4.22. The Morgan fingerprint density at radius 3 is 1.56 bits per heavy atom. The Morgan fingerprint density at radius 2 is 1.31 bits per heavy atom. The van der Waals surface area contributed by atoms with Gasteiger partial charge in [-0.05, 0) is 37.3 Å². The Bertz CT molecular complexity index is 242. The maximum atomic E-state index is 4.60. The van der Waals surface area contributed by atoms with Crippen LogP contribution < -0.4 is 0 Å². The smallest absolute Gasteiger partial charge is 0.0698 e. The molecular formula is C10H16N2S4. The first kappa shape index (κ1) is 16.3. The lowest BCUT2D eigenvalue weighted by Gasteiger charge is -2.09. The average molecular weight is 293 g/mol. The van der Waals surface area contributed by atoms with Crippen LogP contribution in [-0.4, -0.2) is 33.9 Å². The van der Waals surface area contributed by atoms with Crippen molar-refractivity contribution in [2.24, 2.45) is 9.98 Å². The number of isothiocyanates is 2. The van der Waals surface area contributed by atoms with Crippen LogP contribution in [0, 0.1) is 0 Å². The summed E-state index contributed by atoms with van der Waals surface area (Å²) in [6, 6.07) is 0.591. The first-order chi connectivity index (χ1) is 7.78. The van der Waals surface area contributed by atoms with E-state index in [9.17, 15) is 0 Å². The molecule has 0 saturated heterocycles. The first-order valence-corrected chi connectivity index (χ1v) is 8.47. The summed E-state index contributed by atoms with van der Waals surface area (Å²) in [5, 5.41) is 4.89. The fourth-order valence-corrected chi connectivity index (χ4v) is 3.84. The molecule has 0 aromatic heterocycles. The molecule has 0 heterocycles. The highest BCUT2D eigenvalue weighted by atomic mass is 33.1. The minimum atomic E-state index is 0.295. The number of hydrogen-bond donors (Lipinski definition) is 0. The van der Waals surface area contributed by atoms with Gasteiger partial charge in [0.1, 0.15) is 0 Å². The summed E-state index contributed by atoms with van der Waals surface area (Å²) in [6.07, 6.45) is 2.01. The molecule has 0 rings (SSSR count). The molecular weight excluding hydrogens is 276 g/mol. The number of nitrogens with zero attached hydrogens (tertiary/aromatic N) is 2. The highest BCUT2D eigenvalue weighted by molar-refractivity contribution is 8.76. The van der Waals surface area contributed by atoms with Crippen LogP contribution in [0.1, 0.15) is 26.7 Å². The van der Waals surface area contributed by atoms with Gasteiger partial charge < -0.3 is 0 Å². The molecule has 2 nitrogen and oxygen atoms in total. The maximum absolute atomic E-state index is 4.60. The third kappa shape index (κ3) is 8.45. The molecule has 2 atom stereocenters. The minimum Gasteiger partial charge on any atom is -0.228 e. The molecule has 0 spiro atoms. The molecule has 0 aromatic carbocycles. The van der Waals surface area contributed by atoms with Crippen LogP contribution in [0.4, 0.5) is 0 Å². The molecule has 0 fully saturated rings. The third-order valence-electron chi connectivity index (χ3n) is 2.02. The van der Waals surface area contributed by atoms with Crippen molar-refractivity contribution >= 4 is 56.3 Å². The normalized spacial score (nSPS) is 13.4. The summed E-state index contributed by atoms with van der Waals surface area (Å²) < 4.78 is 0. The fraction of sp³-hybridized carbons (Fsp3) is 0.800. The van der Waals surface area contributed by atoms with E-state index in [-0.39, 0.29) is 0 Å². The van der Waals surface area contributed by atoms with Gasteiger partial charge in [-0.25, -0.2) is 9.98 Å². The summed E-state index contributed by atoms with van der Waals surface area (Å²) in [5.74, 6) is 1.95. The average Bonchev–Trinajstić information content (AvgIpc) is 2.31. The molecule has 0 aliphatic carbocycles. The van der Waals surface area contributed by atoms with Crippen molar-refractivity contribution in [3.63, 3.8) is 0 Å². The van der Waals surface area contributed by atoms with Gasteiger partial charge in [0.2, 0.25) is 0 Å². The van der Waals surface area contributed by atoms with Crippen LogP contribution in [0.3, 0.4) is 0 Å². The van der Waals surface area contributed by atoms with Gasteiger partial charge in [0.05, 0.1) is 22.4 Å². The van der Waals surface area contributed by atoms with Crippen molar-refractivity contribution in [1.29, 1.82) is 0 Å². The summed E-state index contributed by atoms with van der Waals surface area (Å²) in [5.41, 5.74) is 0. The lowest BCUT2D eigenvalue weighted by Crippen LogP contribution is -2.07. The lowest BCUT2D eigenvalue weighted by atomic mass is 10.3. The summed E-state index contributed by atoms with van der Waals surface area (Å²) >= 11 is 9.20. The van der Waals surface area contributed by atoms with Gasteiger partial charge >= 0.3 is 0 Å². The molecule has 0 bridgehead atoms. The third-order valence-corrected chi connectivity index (χ3v) is 4.75. The van der Waals surface area contributed by atoms with E-state index in [0.717, 1.165) is 24.3 Å². The Balaban J connectivity index is 3.72. The van der Waals surface area contributed by atoms with Crippen LogP contribution in [-0.2, 0) is 0 Å². The van der Waals surface area contributed by atoms with E-state index in [2.05, 4.69) is 58.6 Å². The second-order valence-electron chi connectivity index (χ2n) is 3.13. The summed E-state index contributed by atoms with van der Waals surface area (Å²) in [4.78, 5) is 8.19. The maximum Gasteiger partial charge on any atom is 0.0698 e. The Hall–Kier alpha value is 0.300. The van der Waals surface area contributed by atoms with Crippen molar-refractivity contribution in [3.05, 3.63) is 0 Å². The van der Waals surface area contributed by atoms with Gasteiger partial charge in [0.15, 0.2) is 0 Å². The Morgan fingerprint density at radius 1 is 0.938 bits per heavy atom. The van der Waals surface area contributed by atoms with E-state index in [0.29, 0.717) is 12.1 Å². The second-order valence-corrected chi connectivity index (χ2v) is 6.05. The first-order valence-electron chi connectivity index (χ1n) is 5.16. The van der Waals surface area contributed by atoms with Crippen molar-refractivity contribution in [1.82, 2.24) is 0 Å². The molecule has 0 aliphatic rings. The molecule has 2 unspecified atom stereocenters. The molecule has 16 heavy (non-hydrogen) atoms. The van der Waals surface area contributed by atoms with Crippen LogP contribution in [0.25, 0.3) is 0 Å². The van der Waals surface area contributed by atoms with Crippen LogP contribution >= 0.6 is 46.0 Å². The van der Waals surface area contributed by atoms with Crippen molar-refractivity contribution in [2.45, 2.75) is 38.8 Å². The molecule has 0 aromatic rings. The van der Waals surface area contributed by atoms with Gasteiger partial charge in [-0.15, -0.1) is 0 Å². The highest BCUT2D eigenvalue weighted by Gasteiger charge is 2.06. The van der Waals surface area contributed by atoms with Gasteiger partial charge in [0, 0.05) is 11.5 Å².